The predicted octanol–water partition coefficient (Wildman–Crippen LogP) is 4.90. The molecule has 0 radical (unpaired) electrons. The first-order valence-electron chi connectivity index (χ1n) is 8.03. The van der Waals surface area contributed by atoms with Crippen molar-refractivity contribution >= 4 is 34.2 Å². The van der Waals surface area contributed by atoms with Crippen LogP contribution in [0.25, 0.3) is 0 Å². The van der Waals surface area contributed by atoms with Crippen molar-refractivity contribution in [3.8, 4) is 0 Å². The molecule has 0 aromatic heterocycles. The van der Waals surface area contributed by atoms with Crippen molar-refractivity contribution in [2.75, 3.05) is 0 Å². The Morgan fingerprint density at radius 2 is 1.65 bits per heavy atom. The van der Waals surface area contributed by atoms with Crippen LogP contribution in [-0.4, -0.2) is 26.6 Å². The molecule has 1 unspecified atom stereocenters. The van der Waals surface area contributed by atoms with E-state index in [-0.39, 0.29) is 17.2 Å². The number of Topliss-reactive ketones (excluding diaryl/α,β-unsaturated/α-hetero) is 1. The van der Waals surface area contributed by atoms with E-state index >= 15 is 0 Å². The number of aromatic carboxylic acids is 1. The molecule has 0 aliphatic heterocycles. The molecule has 0 saturated heterocycles. The second kappa shape index (κ2) is 8.27. The highest BCUT2D eigenvalue weighted by Gasteiger charge is 2.32. The molecule has 0 aliphatic carbocycles. The predicted molar refractivity (Wildman–Crippen MR) is 103 cm³/mol. The van der Waals surface area contributed by atoms with E-state index in [0.29, 0.717) is 17.2 Å². The van der Waals surface area contributed by atoms with Gasteiger partial charge >= 0.3 is 5.97 Å². The third kappa shape index (κ3) is 5.26. The van der Waals surface area contributed by atoms with Gasteiger partial charge < -0.3 is 5.11 Å². The van der Waals surface area contributed by atoms with E-state index in [0.717, 1.165) is 5.56 Å². The van der Waals surface area contributed by atoms with Crippen molar-refractivity contribution in [3.63, 3.8) is 0 Å². The van der Waals surface area contributed by atoms with Crippen molar-refractivity contribution < 1.29 is 19.1 Å². The van der Waals surface area contributed by atoms with Gasteiger partial charge in [-0.2, -0.15) is 0 Å². The average Bonchev–Trinajstić information content (AvgIpc) is 2.57. The lowest BCUT2D eigenvalue weighted by Crippen LogP contribution is -2.33. The number of nitrogens with zero attached hydrogens (tertiary/aromatic N) is 1. The van der Waals surface area contributed by atoms with Crippen LogP contribution in [0.1, 0.15) is 36.7 Å². The number of carbonyl (C=O) groups excluding carboxylic acids is 1. The van der Waals surface area contributed by atoms with Crippen LogP contribution < -0.4 is 0 Å². The molecule has 4 nitrogen and oxygen atoms in total. The number of hydrogen-bond acceptors (Lipinski definition) is 4. The Kier molecular flexibility index (Phi) is 6.32. The van der Waals surface area contributed by atoms with Gasteiger partial charge in [0.1, 0.15) is 11.6 Å². The van der Waals surface area contributed by atoms with Crippen molar-refractivity contribution in [2.45, 2.75) is 31.9 Å². The zero-order chi connectivity index (χ0) is 19.3. The van der Waals surface area contributed by atoms with E-state index in [2.05, 4.69) is 4.99 Å². The molecule has 6 heteroatoms. The second-order valence-corrected chi connectivity index (χ2v) is 7.87. The largest absolute Gasteiger partial charge is 0.478 e. The molecule has 2 rings (SSSR count). The summed E-state index contributed by atoms with van der Waals surface area (Å²) in [7, 11) is 0. The fraction of sp³-hybridized carbons (Fsp3) is 0.250. The summed E-state index contributed by atoms with van der Waals surface area (Å²) in [5.74, 6) is -1.31. The number of halogens is 1. The average molecular weight is 373 g/mol. The van der Waals surface area contributed by atoms with E-state index in [1.165, 1.54) is 43.0 Å². The number of thioether (sulfide) groups is 1. The maximum absolute atomic E-state index is 13.0. The summed E-state index contributed by atoms with van der Waals surface area (Å²) >= 11 is 1.35. The maximum atomic E-state index is 13.0. The fourth-order valence-corrected chi connectivity index (χ4v) is 3.62. The zero-order valence-electron chi connectivity index (χ0n) is 14.8. The molecule has 0 heterocycles. The van der Waals surface area contributed by atoms with E-state index in [1.54, 1.807) is 24.3 Å². The van der Waals surface area contributed by atoms with E-state index < -0.39 is 10.7 Å². The van der Waals surface area contributed by atoms with E-state index in [9.17, 15) is 14.0 Å². The highest BCUT2D eigenvalue weighted by Crippen LogP contribution is 2.32. The van der Waals surface area contributed by atoms with Gasteiger partial charge in [0.2, 0.25) is 0 Å². The van der Waals surface area contributed by atoms with Crippen molar-refractivity contribution in [1.29, 1.82) is 0 Å². The molecule has 0 fully saturated rings. The Labute approximate surface area is 156 Å². The Hall–Kier alpha value is -2.47. The van der Waals surface area contributed by atoms with Crippen LogP contribution in [0.3, 0.4) is 0 Å². The number of carboxylic acids is 1. The molecule has 0 amide bonds. The minimum absolute atomic E-state index is 0.00142. The van der Waals surface area contributed by atoms with Gasteiger partial charge in [0.05, 0.1) is 21.0 Å². The van der Waals surface area contributed by atoms with Gasteiger partial charge in [-0.05, 0) is 69.2 Å². The molecule has 136 valence electrons. The molecule has 0 saturated carbocycles. The number of aliphatic imine (C=N–C) groups is 1. The highest BCUT2D eigenvalue weighted by atomic mass is 32.2. The summed E-state index contributed by atoms with van der Waals surface area (Å²) in [5, 5.41) is 9.67. The van der Waals surface area contributed by atoms with Gasteiger partial charge in [-0.15, -0.1) is 0 Å². The van der Waals surface area contributed by atoms with Crippen LogP contribution in [0.15, 0.2) is 53.5 Å². The summed E-state index contributed by atoms with van der Waals surface area (Å²) in [6.45, 7) is 5.18. The number of carbonyl (C=O) groups is 2. The third-order valence-electron chi connectivity index (χ3n) is 3.97. The minimum Gasteiger partial charge on any atom is -0.478 e. The molecule has 0 bridgehead atoms. The number of carboxylic acid groups (broad SMARTS) is 1. The second-order valence-electron chi connectivity index (χ2n) is 6.18. The molecule has 26 heavy (non-hydrogen) atoms. The third-order valence-corrected chi connectivity index (χ3v) is 5.24. The molecule has 1 atom stereocenters. The highest BCUT2D eigenvalue weighted by molar-refractivity contribution is 8.15. The van der Waals surface area contributed by atoms with Gasteiger partial charge in [-0.25, -0.2) is 14.2 Å². The molecule has 2 aromatic rings. The fourth-order valence-electron chi connectivity index (χ4n) is 2.43. The maximum Gasteiger partial charge on any atom is 0.335 e. The summed E-state index contributed by atoms with van der Waals surface area (Å²) < 4.78 is 12.2. The van der Waals surface area contributed by atoms with E-state index in [1.807, 2.05) is 13.8 Å². The molecule has 0 spiro atoms. The van der Waals surface area contributed by atoms with Crippen LogP contribution in [0.2, 0.25) is 0 Å². The lowest BCUT2D eigenvalue weighted by Gasteiger charge is -2.26. The first-order valence-corrected chi connectivity index (χ1v) is 8.84. The number of benzene rings is 2. The molecule has 1 N–H and O–H groups in total. The van der Waals surface area contributed by atoms with Crippen molar-refractivity contribution in [3.05, 3.63) is 65.5 Å². The van der Waals surface area contributed by atoms with Gasteiger partial charge in [0, 0.05) is 0 Å². The zero-order valence-corrected chi connectivity index (χ0v) is 15.6. The summed E-state index contributed by atoms with van der Waals surface area (Å²) in [6.07, 6.45) is 0.448. The van der Waals surface area contributed by atoms with Crippen molar-refractivity contribution in [2.24, 2.45) is 4.99 Å². The van der Waals surface area contributed by atoms with Gasteiger partial charge in [-0.3, -0.25) is 4.79 Å². The number of ketones is 1. The molecule has 0 aliphatic rings. The van der Waals surface area contributed by atoms with Gasteiger partial charge in [-0.1, -0.05) is 23.9 Å². The first kappa shape index (κ1) is 19.8. The molecular weight excluding hydrogens is 353 g/mol. The van der Waals surface area contributed by atoms with Crippen LogP contribution in [0.5, 0.6) is 0 Å². The smallest absolute Gasteiger partial charge is 0.335 e. The summed E-state index contributed by atoms with van der Waals surface area (Å²) in [6, 6.07) is 12.3. The standard InChI is InChI=1S/C20H20FNO3S/c1-13(23)20(3,12-15-4-6-16(7-5-15)19(24)25)26-14(2)22-18-10-8-17(21)9-11-18/h4-11H,12H2,1-3H3,(H,24,25). The van der Waals surface area contributed by atoms with E-state index in [4.69, 9.17) is 5.11 Å². The SMILES string of the molecule is CC(=O)C(C)(Cc1ccc(C(=O)O)cc1)SC(C)=Nc1ccc(F)cc1. The van der Waals surface area contributed by atoms with Crippen LogP contribution >= 0.6 is 11.8 Å². The minimum atomic E-state index is -0.984. The van der Waals surface area contributed by atoms with Crippen LogP contribution in [-0.2, 0) is 11.2 Å². The van der Waals surface area contributed by atoms with Gasteiger partial charge in [0.15, 0.2) is 0 Å². The number of hydrogen-bond donors (Lipinski definition) is 1. The number of rotatable bonds is 6. The summed E-state index contributed by atoms with van der Waals surface area (Å²) in [5.41, 5.74) is 1.70. The Morgan fingerprint density at radius 1 is 1.08 bits per heavy atom. The monoisotopic (exact) mass is 373 g/mol. The normalized spacial score (nSPS) is 13.9. The Balaban J connectivity index is 2.18. The van der Waals surface area contributed by atoms with Crippen LogP contribution in [0, 0.1) is 5.82 Å². The Morgan fingerprint density at radius 3 is 2.15 bits per heavy atom. The van der Waals surface area contributed by atoms with Crippen molar-refractivity contribution in [1.82, 2.24) is 0 Å². The lowest BCUT2D eigenvalue weighted by molar-refractivity contribution is -0.118. The summed E-state index contributed by atoms with van der Waals surface area (Å²) in [4.78, 5) is 27.6. The first-order chi connectivity index (χ1) is 12.2. The van der Waals surface area contributed by atoms with Crippen LogP contribution in [0.4, 0.5) is 10.1 Å². The lowest BCUT2D eigenvalue weighted by atomic mass is 9.96. The quantitative estimate of drug-likeness (QED) is 0.578. The molecular formula is C20H20FNO3S. The topological polar surface area (TPSA) is 66.7 Å². The van der Waals surface area contributed by atoms with Gasteiger partial charge in [0.25, 0.3) is 0 Å². The Bertz CT molecular complexity index is 831. The molecule has 2 aromatic carbocycles.